The highest BCUT2D eigenvalue weighted by atomic mass is 16.5. The van der Waals surface area contributed by atoms with Crippen LogP contribution in [0.2, 0.25) is 0 Å². The van der Waals surface area contributed by atoms with E-state index in [-0.39, 0.29) is 6.03 Å². The summed E-state index contributed by atoms with van der Waals surface area (Å²) in [6, 6.07) is 0.488. The lowest BCUT2D eigenvalue weighted by molar-refractivity contribution is 0.163. The molecule has 1 aliphatic carbocycles. The molecule has 5 nitrogen and oxygen atoms in total. The van der Waals surface area contributed by atoms with Gasteiger partial charge in [-0.3, -0.25) is 4.57 Å². The maximum absolute atomic E-state index is 12.3. The van der Waals surface area contributed by atoms with E-state index in [1.54, 1.807) is 23.3 Å². The molecular weight excluding hydrogens is 218 g/mol. The third kappa shape index (κ3) is 2.34. The Morgan fingerprint density at radius 2 is 2.35 bits per heavy atom. The van der Waals surface area contributed by atoms with Gasteiger partial charge in [0.25, 0.3) is 0 Å². The van der Waals surface area contributed by atoms with Gasteiger partial charge in [-0.15, -0.1) is 0 Å². The van der Waals surface area contributed by atoms with Gasteiger partial charge in [0.1, 0.15) is 6.33 Å². The number of aromatic nitrogens is 2. The molecule has 1 atom stereocenters. The van der Waals surface area contributed by atoms with Crippen molar-refractivity contribution in [1.82, 2.24) is 14.5 Å². The van der Waals surface area contributed by atoms with E-state index in [1.165, 1.54) is 0 Å². The predicted octanol–water partition coefficient (Wildman–Crippen LogP) is 1.35. The van der Waals surface area contributed by atoms with Crippen molar-refractivity contribution in [2.75, 3.05) is 19.8 Å². The average Bonchev–Trinajstić information content (AvgIpc) is 2.86. The summed E-state index contributed by atoms with van der Waals surface area (Å²) in [7, 11) is 0. The van der Waals surface area contributed by atoms with E-state index in [1.807, 2.05) is 4.90 Å². The largest absolute Gasteiger partial charge is 0.381 e. The second kappa shape index (κ2) is 4.49. The van der Waals surface area contributed by atoms with Crippen molar-refractivity contribution in [3.63, 3.8) is 0 Å². The zero-order valence-corrected chi connectivity index (χ0v) is 9.79. The van der Waals surface area contributed by atoms with Gasteiger partial charge in [0.2, 0.25) is 0 Å². The molecular formula is C12H17N3O2. The fourth-order valence-corrected chi connectivity index (χ4v) is 2.30. The van der Waals surface area contributed by atoms with Crippen LogP contribution in [0.25, 0.3) is 0 Å². The van der Waals surface area contributed by atoms with E-state index in [2.05, 4.69) is 4.98 Å². The van der Waals surface area contributed by atoms with Gasteiger partial charge in [-0.2, -0.15) is 0 Å². The van der Waals surface area contributed by atoms with Crippen molar-refractivity contribution in [1.29, 1.82) is 0 Å². The van der Waals surface area contributed by atoms with Gasteiger partial charge in [-0.1, -0.05) is 0 Å². The lowest BCUT2D eigenvalue weighted by Gasteiger charge is -2.24. The van der Waals surface area contributed by atoms with Crippen LogP contribution in [0.15, 0.2) is 18.7 Å². The number of amides is 1. The summed E-state index contributed by atoms with van der Waals surface area (Å²) < 4.78 is 6.94. The number of carbonyl (C=O) groups excluding carboxylic acids is 1. The molecule has 0 radical (unpaired) electrons. The summed E-state index contributed by atoms with van der Waals surface area (Å²) >= 11 is 0. The van der Waals surface area contributed by atoms with Crippen molar-refractivity contribution in [3.8, 4) is 0 Å². The van der Waals surface area contributed by atoms with Crippen molar-refractivity contribution < 1.29 is 9.53 Å². The standard InChI is InChI=1S/C12H17N3O2/c16-12(14-5-4-13-9-14)15(11-1-2-11)7-10-3-6-17-8-10/h4-5,9-11H,1-3,6-8H2. The Morgan fingerprint density at radius 1 is 1.47 bits per heavy atom. The van der Waals surface area contributed by atoms with E-state index in [0.717, 1.165) is 39.0 Å². The van der Waals surface area contributed by atoms with E-state index in [4.69, 9.17) is 4.74 Å². The summed E-state index contributed by atoms with van der Waals surface area (Å²) in [4.78, 5) is 18.2. The van der Waals surface area contributed by atoms with E-state index in [0.29, 0.717) is 12.0 Å². The molecule has 92 valence electrons. The van der Waals surface area contributed by atoms with Crippen LogP contribution in [0.5, 0.6) is 0 Å². The number of hydrogen-bond donors (Lipinski definition) is 0. The van der Waals surface area contributed by atoms with Gasteiger partial charge in [-0.25, -0.2) is 9.78 Å². The van der Waals surface area contributed by atoms with Crippen molar-refractivity contribution in [2.24, 2.45) is 5.92 Å². The molecule has 3 rings (SSSR count). The minimum atomic E-state index is 0.0527. The predicted molar refractivity (Wildman–Crippen MR) is 61.7 cm³/mol. The Kier molecular flexibility index (Phi) is 2.84. The van der Waals surface area contributed by atoms with E-state index >= 15 is 0 Å². The lowest BCUT2D eigenvalue weighted by Crippen LogP contribution is -2.39. The number of nitrogens with zero attached hydrogens (tertiary/aromatic N) is 3. The molecule has 2 aliphatic rings. The minimum Gasteiger partial charge on any atom is -0.381 e. The van der Waals surface area contributed by atoms with Crippen molar-refractivity contribution in [2.45, 2.75) is 25.3 Å². The smallest absolute Gasteiger partial charge is 0.329 e. The van der Waals surface area contributed by atoms with Crippen LogP contribution in [0.1, 0.15) is 19.3 Å². The van der Waals surface area contributed by atoms with Gasteiger partial charge in [0.15, 0.2) is 0 Å². The first-order valence-electron chi connectivity index (χ1n) is 6.21. The molecule has 5 heteroatoms. The van der Waals surface area contributed by atoms with Gasteiger partial charge in [0.05, 0.1) is 6.61 Å². The SMILES string of the molecule is O=C(N(CC1CCOC1)C1CC1)n1ccnc1. The Hall–Kier alpha value is -1.36. The topological polar surface area (TPSA) is 47.4 Å². The first-order chi connectivity index (χ1) is 8.34. The minimum absolute atomic E-state index is 0.0527. The molecule has 1 aromatic heterocycles. The summed E-state index contributed by atoms with van der Waals surface area (Å²) in [5.41, 5.74) is 0. The summed E-state index contributed by atoms with van der Waals surface area (Å²) in [5, 5.41) is 0. The molecule has 1 amide bonds. The first kappa shape index (κ1) is 10.8. The highest BCUT2D eigenvalue weighted by molar-refractivity contribution is 5.77. The second-order valence-electron chi connectivity index (χ2n) is 4.87. The summed E-state index contributed by atoms with van der Waals surface area (Å²) in [6.45, 7) is 2.45. The molecule has 1 aliphatic heterocycles. The Morgan fingerprint density at radius 3 is 2.94 bits per heavy atom. The van der Waals surface area contributed by atoms with Gasteiger partial charge >= 0.3 is 6.03 Å². The molecule has 0 bridgehead atoms. The second-order valence-corrected chi connectivity index (χ2v) is 4.87. The fraction of sp³-hybridized carbons (Fsp3) is 0.667. The quantitative estimate of drug-likeness (QED) is 0.794. The lowest BCUT2D eigenvalue weighted by atomic mass is 10.1. The summed E-state index contributed by atoms with van der Waals surface area (Å²) in [5.74, 6) is 0.503. The molecule has 2 fully saturated rings. The van der Waals surface area contributed by atoms with Crippen LogP contribution in [0.3, 0.4) is 0 Å². The average molecular weight is 235 g/mol. The zero-order valence-electron chi connectivity index (χ0n) is 9.79. The Labute approximate surface area is 100 Å². The number of rotatable bonds is 3. The highest BCUT2D eigenvalue weighted by Gasteiger charge is 2.35. The molecule has 0 N–H and O–H groups in total. The third-order valence-electron chi connectivity index (χ3n) is 3.44. The molecule has 1 aromatic rings. The maximum atomic E-state index is 12.3. The Bertz CT molecular complexity index is 380. The molecule has 1 saturated heterocycles. The fourth-order valence-electron chi connectivity index (χ4n) is 2.30. The molecule has 17 heavy (non-hydrogen) atoms. The van der Waals surface area contributed by atoms with Crippen molar-refractivity contribution in [3.05, 3.63) is 18.7 Å². The van der Waals surface area contributed by atoms with Gasteiger partial charge < -0.3 is 9.64 Å². The van der Waals surface area contributed by atoms with Gasteiger partial charge in [-0.05, 0) is 19.3 Å². The molecule has 1 unspecified atom stereocenters. The highest BCUT2D eigenvalue weighted by Crippen LogP contribution is 2.29. The molecule has 1 saturated carbocycles. The van der Waals surface area contributed by atoms with E-state index < -0.39 is 0 Å². The molecule has 0 aromatic carbocycles. The van der Waals surface area contributed by atoms with Crippen LogP contribution in [0, 0.1) is 5.92 Å². The van der Waals surface area contributed by atoms with Crippen LogP contribution in [0.4, 0.5) is 4.79 Å². The van der Waals surface area contributed by atoms with Gasteiger partial charge in [0, 0.05) is 37.5 Å². The zero-order chi connectivity index (χ0) is 11.7. The number of imidazole rings is 1. The normalized spacial score (nSPS) is 23.9. The number of ether oxygens (including phenoxy) is 1. The van der Waals surface area contributed by atoms with Crippen LogP contribution in [-0.4, -0.2) is 46.3 Å². The monoisotopic (exact) mass is 235 g/mol. The number of hydrogen-bond acceptors (Lipinski definition) is 3. The molecule has 0 spiro atoms. The van der Waals surface area contributed by atoms with Crippen LogP contribution >= 0.6 is 0 Å². The maximum Gasteiger partial charge on any atom is 0.329 e. The molecule has 2 heterocycles. The van der Waals surface area contributed by atoms with E-state index in [9.17, 15) is 4.79 Å². The van der Waals surface area contributed by atoms with Crippen LogP contribution < -0.4 is 0 Å². The third-order valence-corrected chi connectivity index (χ3v) is 3.44. The first-order valence-corrected chi connectivity index (χ1v) is 6.21. The van der Waals surface area contributed by atoms with Crippen LogP contribution in [-0.2, 0) is 4.74 Å². The number of carbonyl (C=O) groups is 1. The van der Waals surface area contributed by atoms with Crippen molar-refractivity contribution >= 4 is 6.03 Å². The summed E-state index contributed by atoms with van der Waals surface area (Å²) in [6.07, 6.45) is 8.26. The Balaban J connectivity index is 1.69.